The van der Waals surface area contributed by atoms with Crippen LogP contribution >= 0.6 is 0 Å². The molecule has 2 aromatic carbocycles. The number of benzene rings is 2. The van der Waals surface area contributed by atoms with Crippen molar-refractivity contribution in [1.82, 2.24) is 9.78 Å². The smallest absolute Gasteiger partial charge is 0.331 e. The number of carbonyl (C=O) groups is 1. The van der Waals surface area contributed by atoms with Gasteiger partial charge in [0.25, 0.3) is 5.69 Å². The fourth-order valence-corrected chi connectivity index (χ4v) is 2.64. The quantitative estimate of drug-likeness (QED) is 0.275. The van der Waals surface area contributed by atoms with Crippen LogP contribution in [-0.4, -0.2) is 26.8 Å². The van der Waals surface area contributed by atoms with Gasteiger partial charge in [0, 0.05) is 35.5 Å². The van der Waals surface area contributed by atoms with E-state index in [9.17, 15) is 14.9 Å². The number of rotatable bonds is 6. The molecule has 1 heterocycles. The molecule has 0 fully saturated rings. The van der Waals surface area contributed by atoms with Crippen LogP contribution in [0.4, 0.5) is 5.69 Å². The monoisotopic (exact) mass is 377 g/mol. The summed E-state index contributed by atoms with van der Waals surface area (Å²) in [5.41, 5.74) is 2.56. The lowest BCUT2D eigenvalue weighted by Gasteiger charge is -2.03. The number of hydrogen-bond donors (Lipinski definition) is 0. The van der Waals surface area contributed by atoms with E-state index in [0.717, 1.165) is 5.69 Å². The summed E-state index contributed by atoms with van der Waals surface area (Å²) in [6.07, 6.45) is 4.47. The van der Waals surface area contributed by atoms with Crippen molar-refractivity contribution in [1.29, 1.82) is 0 Å². The molecular formula is C21H19N3O4. The molecule has 3 aromatic rings. The van der Waals surface area contributed by atoms with Gasteiger partial charge < -0.3 is 4.74 Å². The van der Waals surface area contributed by atoms with E-state index < -0.39 is 10.9 Å². The van der Waals surface area contributed by atoms with Gasteiger partial charge in [0.2, 0.25) is 0 Å². The van der Waals surface area contributed by atoms with Crippen molar-refractivity contribution >= 4 is 17.7 Å². The summed E-state index contributed by atoms with van der Waals surface area (Å²) < 4.78 is 6.79. The Labute approximate surface area is 162 Å². The first-order valence-electron chi connectivity index (χ1n) is 8.72. The molecule has 0 saturated carbocycles. The third kappa shape index (κ3) is 4.50. The number of nitrogens with zero attached hydrogens (tertiary/aromatic N) is 3. The number of esters is 1. The van der Waals surface area contributed by atoms with Crippen molar-refractivity contribution in [3.05, 3.63) is 82.5 Å². The van der Waals surface area contributed by atoms with Crippen LogP contribution in [0.2, 0.25) is 0 Å². The minimum absolute atomic E-state index is 0.0269. The van der Waals surface area contributed by atoms with Crippen molar-refractivity contribution in [2.24, 2.45) is 0 Å². The number of para-hydroxylation sites is 1. The van der Waals surface area contributed by atoms with Crippen LogP contribution in [0.1, 0.15) is 19.4 Å². The van der Waals surface area contributed by atoms with Crippen LogP contribution in [0.5, 0.6) is 0 Å². The van der Waals surface area contributed by atoms with E-state index >= 15 is 0 Å². The molecule has 1 aromatic heterocycles. The Kier molecular flexibility index (Phi) is 5.64. The predicted octanol–water partition coefficient (Wildman–Crippen LogP) is 4.41. The first-order valence-corrected chi connectivity index (χ1v) is 8.72. The maximum Gasteiger partial charge on any atom is 0.331 e. The Bertz CT molecular complexity index is 1020. The summed E-state index contributed by atoms with van der Waals surface area (Å²) in [4.78, 5) is 22.5. The van der Waals surface area contributed by atoms with E-state index in [1.807, 2.05) is 30.3 Å². The highest BCUT2D eigenvalue weighted by molar-refractivity contribution is 5.89. The van der Waals surface area contributed by atoms with Gasteiger partial charge in [-0.25, -0.2) is 9.48 Å². The highest BCUT2D eigenvalue weighted by atomic mass is 16.6. The Hall–Kier alpha value is -3.74. The summed E-state index contributed by atoms with van der Waals surface area (Å²) in [7, 11) is 0. The fraction of sp³-hybridized carbons (Fsp3) is 0.143. The highest BCUT2D eigenvalue weighted by Gasteiger charge is 2.14. The molecule has 0 aliphatic rings. The third-order valence-electron chi connectivity index (χ3n) is 3.84. The normalized spacial score (nSPS) is 11.1. The van der Waals surface area contributed by atoms with E-state index in [4.69, 9.17) is 4.74 Å². The number of nitro groups is 1. The van der Waals surface area contributed by atoms with Crippen molar-refractivity contribution in [2.45, 2.75) is 20.0 Å². The van der Waals surface area contributed by atoms with Gasteiger partial charge in [-0.05, 0) is 32.1 Å². The molecule has 0 unspecified atom stereocenters. The Balaban J connectivity index is 2.05. The van der Waals surface area contributed by atoms with Gasteiger partial charge in [0.05, 0.1) is 16.7 Å². The number of nitro benzene ring substituents is 1. The molecule has 0 atom stereocenters. The minimum Gasteiger partial charge on any atom is -0.460 e. The Morgan fingerprint density at radius 3 is 2.61 bits per heavy atom. The Morgan fingerprint density at radius 2 is 1.93 bits per heavy atom. The fourth-order valence-electron chi connectivity index (χ4n) is 2.64. The van der Waals surface area contributed by atoms with Gasteiger partial charge in [-0.3, -0.25) is 10.1 Å². The average Bonchev–Trinajstić information content (AvgIpc) is 3.11. The van der Waals surface area contributed by atoms with E-state index in [1.54, 1.807) is 42.9 Å². The third-order valence-corrected chi connectivity index (χ3v) is 3.84. The topological polar surface area (TPSA) is 87.3 Å². The van der Waals surface area contributed by atoms with Gasteiger partial charge in [0.1, 0.15) is 5.69 Å². The number of aromatic nitrogens is 2. The van der Waals surface area contributed by atoms with Crippen LogP contribution in [0.25, 0.3) is 23.0 Å². The van der Waals surface area contributed by atoms with E-state index in [0.29, 0.717) is 16.8 Å². The number of hydrogen-bond acceptors (Lipinski definition) is 5. The first kappa shape index (κ1) is 19.0. The molecule has 0 aliphatic heterocycles. The van der Waals surface area contributed by atoms with Gasteiger partial charge in [-0.15, -0.1) is 0 Å². The van der Waals surface area contributed by atoms with Gasteiger partial charge in [-0.2, -0.15) is 5.10 Å². The van der Waals surface area contributed by atoms with E-state index in [2.05, 4.69) is 5.10 Å². The lowest BCUT2D eigenvalue weighted by molar-refractivity contribution is -0.384. The molecule has 0 bridgehead atoms. The van der Waals surface area contributed by atoms with Crippen LogP contribution in [0, 0.1) is 10.1 Å². The molecule has 7 nitrogen and oxygen atoms in total. The summed E-state index contributed by atoms with van der Waals surface area (Å²) >= 11 is 0. The predicted molar refractivity (Wildman–Crippen MR) is 106 cm³/mol. The zero-order valence-corrected chi connectivity index (χ0v) is 15.5. The van der Waals surface area contributed by atoms with Crippen LogP contribution in [0.15, 0.2) is 66.9 Å². The molecule has 142 valence electrons. The van der Waals surface area contributed by atoms with Gasteiger partial charge in [0.15, 0.2) is 0 Å². The second-order valence-electron chi connectivity index (χ2n) is 6.34. The number of carbonyl (C=O) groups excluding carboxylic acids is 1. The molecule has 0 saturated heterocycles. The molecule has 28 heavy (non-hydrogen) atoms. The maximum atomic E-state index is 11.9. The molecule has 7 heteroatoms. The van der Waals surface area contributed by atoms with Crippen LogP contribution in [0.3, 0.4) is 0 Å². The molecule has 0 spiro atoms. The van der Waals surface area contributed by atoms with Crippen LogP contribution in [-0.2, 0) is 9.53 Å². The average molecular weight is 377 g/mol. The number of non-ortho nitro benzene ring substituents is 1. The second-order valence-corrected chi connectivity index (χ2v) is 6.34. The zero-order chi connectivity index (χ0) is 20.1. The van der Waals surface area contributed by atoms with E-state index in [-0.39, 0.29) is 11.8 Å². The molecule has 0 radical (unpaired) electrons. The first-order chi connectivity index (χ1) is 13.4. The lowest BCUT2D eigenvalue weighted by Crippen LogP contribution is -2.08. The largest absolute Gasteiger partial charge is 0.460 e. The molecular weight excluding hydrogens is 358 g/mol. The molecule has 0 amide bonds. The summed E-state index contributed by atoms with van der Waals surface area (Å²) in [6.45, 7) is 3.54. The van der Waals surface area contributed by atoms with Gasteiger partial charge in [-0.1, -0.05) is 30.3 Å². The van der Waals surface area contributed by atoms with Crippen LogP contribution < -0.4 is 0 Å². The van der Waals surface area contributed by atoms with Crippen molar-refractivity contribution in [3.63, 3.8) is 0 Å². The SMILES string of the molecule is CC(C)OC(=O)/C=C\c1cn(-c2ccccc2)nc1-c1cccc([N+](=O)[O-])c1. The van der Waals surface area contributed by atoms with Crippen molar-refractivity contribution in [3.8, 4) is 16.9 Å². The highest BCUT2D eigenvalue weighted by Crippen LogP contribution is 2.27. The van der Waals surface area contributed by atoms with Crippen molar-refractivity contribution in [2.75, 3.05) is 0 Å². The summed E-state index contributed by atoms with van der Waals surface area (Å²) in [5, 5.41) is 15.7. The lowest BCUT2D eigenvalue weighted by atomic mass is 10.1. The molecule has 0 aliphatic carbocycles. The molecule has 0 N–H and O–H groups in total. The maximum absolute atomic E-state index is 11.9. The number of ether oxygens (including phenoxy) is 1. The summed E-state index contributed by atoms with van der Waals surface area (Å²) in [5.74, 6) is -0.465. The minimum atomic E-state index is -0.465. The van der Waals surface area contributed by atoms with E-state index in [1.165, 1.54) is 18.2 Å². The Morgan fingerprint density at radius 1 is 1.18 bits per heavy atom. The van der Waals surface area contributed by atoms with Crippen molar-refractivity contribution < 1.29 is 14.5 Å². The second kappa shape index (κ2) is 8.30. The molecule has 3 rings (SSSR count). The zero-order valence-electron chi connectivity index (χ0n) is 15.5. The summed E-state index contributed by atoms with van der Waals surface area (Å²) in [6, 6.07) is 15.7. The van der Waals surface area contributed by atoms with Gasteiger partial charge >= 0.3 is 5.97 Å². The standard InChI is InChI=1S/C21H19N3O4/c1-15(2)28-20(25)12-11-17-14-23(18-8-4-3-5-9-18)22-21(17)16-7-6-10-19(13-16)24(26)27/h3-15H,1-2H3/b12-11-.